The molecule has 1 aromatic rings. The van der Waals surface area contributed by atoms with Crippen LogP contribution in [0, 0.1) is 0 Å². The summed E-state index contributed by atoms with van der Waals surface area (Å²) in [5, 5.41) is 9.50. The van der Waals surface area contributed by atoms with Crippen LogP contribution in [0.25, 0.3) is 0 Å². The van der Waals surface area contributed by atoms with E-state index in [-0.39, 0.29) is 5.75 Å². The van der Waals surface area contributed by atoms with Crippen LogP contribution in [0.1, 0.15) is 29.8 Å². The SMILES string of the molecule is CC1(C)Cc2cccc(O)c2C(=O)O1. The van der Waals surface area contributed by atoms with E-state index in [4.69, 9.17) is 4.74 Å². The molecule has 3 heteroatoms. The van der Waals surface area contributed by atoms with Gasteiger partial charge in [0.25, 0.3) is 0 Å². The summed E-state index contributed by atoms with van der Waals surface area (Å²) in [4.78, 5) is 11.5. The molecule has 1 heterocycles. The first kappa shape index (κ1) is 9.06. The molecule has 0 radical (unpaired) electrons. The molecule has 0 saturated carbocycles. The van der Waals surface area contributed by atoms with Crippen LogP contribution in [-0.4, -0.2) is 16.7 Å². The number of ether oxygens (including phenoxy) is 1. The number of rotatable bonds is 0. The number of esters is 1. The molecule has 0 fully saturated rings. The maximum Gasteiger partial charge on any atom is 0.342 e. The van der Waals surface area contributed by atoms with Gasteiger partial charge in [-0.3, -0.25) is 0 Å². The van der Waals surface area contributed by atoms with Gasteiger partial charge in [0.2, 0.25) is 0 Å². The molecule has 14 heavy (non-hydrogen) atoms. The number of carbonyl (C=O) groups excluding carboxylic acids is 1. The van der Waals surface area contributed by atoms with E-state index in [9.17, 15) is 9.90 Å². The summed E-state index contributed by atoms with van der Waals surface area (Å²) in [5.74, 6) is -0.433. The Labute approximate surface area is 82.3 Å². The third kappa shape index (κ3) is 1.35. The topological polar surface area (TPSA) is 46.5 Å². The first-order chi connectivity index (χ1) is 6.49. The van der Waals surface area contributed by atoms with Gasteiger partial charge in [-0.1, -0.05) is 12.1 Å². The molecule has 0 spiro atoms. The Morgan fingerprint density at radius 2 is 2.14 bits per heavy atom. The van der Waals surface area contributed by atoms with Crippen LogP contribution in [-0.2, 0) is 11.2 Å². The molecule has 0 bridgehead atoms. The maximum absolute atomic E-state index is 11.5. The van der Waals surface area contributed by atoms with E-state index in [1.165, 1.54) is 6.07 Å². The third-order valence-corrected chi connectivity index (χ3v) is 2.32. The minimum absolute atomic E-state index is 0.00278. The van der Waals surface area contributed by atoms with Crippen LogP contribution in [0.4, 0.5) is 0 Å². The fourth-order valence-corrected chi connectivity index (χ4v) is 1.77. The van der Waals surface area contributed by atoms with Crippen molar-refractivity contribution in [2.45, 2.75) is 25.9 Å². The molecule has 0 aromatic heterocycles. The van der Waals surface area contributed by atoms with Gasteiger partial charge in [0.1, 0.15) is 16.9 Å². The van der Waals surface area contributed by atoms with E-state index >= 15 is 0 Å². The Balaban J connectivity index is 2.56. The van der Waals surface area contributed by atoms with Crippen molar-refractivity contribution in [1.82, 2.24) is 0 Å². The van der Waals surface area contributed by atoms with Crippen molar-refractivity contribution in [2.75, 3.05) is 0 Å². The molecule has 74 valence electrons. The summed E-state index contributed by atoms with van der Waals surface area (Å²) < 4.78 is 5.18. The van der Waals surface area contributed by atoms with E-state index in [0.29, 0.717) is 12.0 Å². The normalized spacial score (nSPS) is 18.6. The fourth-order valence-electron chi connectivity index (χ4n) is 1.77. The van der Waals surface area contributed by atoms with Crippen molar-refractivity contribution in [3.8, 4) is 5.75 Å². The third-order valence-electron chi connectivity index (χ3n) is 2.32. The van der Waals surface area contributed by atoms with Crippen molar-refractivity contribution < 1.29 is 14.6 Å². The molecule has 3 nitrogen and oxygen atoms in total. The highest BCUT2D eigenvalue weighted by molar-refractivity contribution is 5.95. The van der Waals surface area contributed by atoms with Crippen molar-refractivity contribution in [1.29, 1.82) is 0 Å². The second-order valence-electron chi connectivity index (χ2n) is 4.14. The zero-order valence-corrected chi connectivity index (χ0v) is 8.20. The quantitative estimate of drug-likeness (QED) is 0.638. The molecule has 0 aliphatic carbocycles. The van der Waals surface area contributed by atoms with Crippen LogP contribution in [0.3, 0.4) is 0 Å². The lowest BCUT2D eigenvalue weighted by Gasteiger charge is -2.31. The summed E-state index contributed by atoms with van der Waals surface area (Å²) >= 11 is 0. The number of hydrogen-bond donors (Lipinski definition) is 1. The average molecular weight is 192 g/mol. The smallest absolute Gasteiger partial charge is 0.342 e. The molecule has 0 unspecified atom stereocenters. The Kier molecular flexibility index (Phi) is 1.77. The van der Waals surface area contributed by atoms with Crippen LogP contribution in [0.5, 0.6) is 5.75 Å². The monoisotopic (exact) mass is 192 g/mol. The number of carbonyl (C=O) groups is 1. The predicted molar refractivity (Wildman–Crippen MR) is 51.3 cm³/mol. The highest BCUT2D eigenvalue weighted by Crippen LogP contribution is 2.32. The minimum Gasteiger partial charge on any atom is -0.507 e. The molecular formula is C11H12O3. The summed E-state index contributed by atoms with van der Waals surface area (Å²) in [7, 11) is 0. The fraction of sp³-hybridized carbons (Fsp3) is 0.364. The predicted octanol–water partition coefficient (Wildman–Crippen LogP) is 1.88. The molecule has 1 aromatic carbocycles. The first-order valence-electron chi connectivity index (χ1n) is 4.54. The maximum atomic E-state index is 11.5. The lowest BCUT2D eigenvalue weighted by Crippen LogP contribution is -2.35. The summed E-state index contributed by atoms with van der Waals surface area (Å²) in [5.41, 5.74) is 0.691. The average Bonchev–Trinajstić information content (AvgIpc) is 2.00. The number of phenols is 1. The Morgan fingerprint density at radius 3 is 2.86 bits per heavy atom. The summed E-state index contributed by atoms with van der Waals surface area (Å²) in [6.07, 6.45) is 0.641. The molecule has 0 saturated heterocycles. The minimum atomic E-state index is -0.474. The Hall–Kier alpha value is -1.51. The number of fused-ring (bicyclic) bond motifs is 1. The number of cyclic esters (lactones) is 1. The lowest BCUT2D eigenvalue weighted by atomic mass is 9.91. The van der Waals surface area contributed by atoms with Gasteiger partial charge in [0.15, 0.2) is 0 Å². The van der Waals surface area contributed by atoms with Crippen molar-refractivity contribution in [2.24, 2.45) is 0 Å². The van der Waals surface area contributed by atoms with Gasteiger partial charge in [-0.15, -0.1) is 0 Å². The molecule has 2 rings (SSSR count). The van der Waals surface area contributed by atoms with Crippen LogP contribution < -0.4 is 0 Å². The highest BCUT2D eigenvalue weighted by atomic mass is 16.6. The van der Waals surface area contributed by atoms with Crippen molar-refractivity contribution in [3.63, 3.8) is 0 Å². The van der Waals surface area contributed by atoms with Gasteiger partial charge in [-0.25, -0.2) is 4.79 Å². The van der Waals surface area contributed by atoms with Crippen LogP contribution >= 0.6 is 0 Å². The number of hydrogen-bond acceptors (Lipinski definition) is 3. The first-order valence-corrected chi connectivity index (χ1v) is 4.54. The molecule has 1 aliphatic rings. The van der Waals surface area contributed by atoms with Crippen LogP contribution in [0.2, 0.25) is 0 Å². The highest BCUT2D eigenvalue weighted by Gasteiger charge is 2.33. The van der Waals surface area contributed by atoms with Crippen LogP contribution in [0.15, 0.2) is 18.2 Å². The number of aromatic hydroxyl groups is 1. The largest absolute Gasteiger partial charge is 0.507 e. The molecule has 0 amide bonds. The summed E-state index contributed by atoms with van der Waals surface area (Å²) in [6, 6.07) is 5.08. The Morgan fingerprint density at radius 1 is 1.43 bits per heavy atom. The number of benzene rings is 1. The van der Waals surface area contributed by atoms with E-state index in [0.717, 1.165) is 5.56 Å². The van der Waals surface area contributed by atoms with Gasteiger partial charge in [-0.2, -0.15) is 0 Å². The van der Waals surface area contributed by atoms with Gasteiger partial charge in [-0.05, 0) is 25.5 Å². The molecule has 1 N–H and O–H groups in total. The lowest BCUT2D eigenvalue weighted by molar-refractivity contribution is -0.00685. The second-order valence-corrected chi connectivity index (χ2v) is 4.14. The van der Waals surface area contributed by atoms with Gasteiger partial charge in [0.05, 0.1) is 0 Å². The Bertz CT molecular complexity index is 394. The van der Waals surface area contributed by atoms with E-state index in [1.807, 2.05) is 19.9 Å². The van der Waals surface area contributed by atoms with Gasteiger partial charge >= 0.3 is 5.97 Å². The van der Waals surface area contributed by atoms with Crippen molar-refractivity contribution in [3.05, 3.63) is 29.3 Å². The number of phenolic OH excluding ortho intramolecular Hbond substituents is 1. The zero-order chi connectivity index (χ0) is 10.3. The van der Waals surface area contributed by atoms with E-state index in [1.54, 1.807) is 6.07 Å². The van der Waals surface area contributed by atoms with Gasteiger partial charge in [0, 0.05) is 6.42 Å². The van der Waals surface area contributed by atoms with E-state index in [2.05, 4.69) is 0 Å². The molecular weight excluding hydrogens is 180 g/mol. The summed E-state index contributed by atoms with van der Waals surface area (Å²) in [6.45, 7) is 3.72. The second kappa shape index (κ2) is 2.74. The van der Waals surface area contributed by atoms with Crippen molar-refractivity contribution >= 4 is 5.97 Å². The standard InChI is InChI=1S/C11H12O3/c1-11(2)6-7-4-3-5-8(12)9(7)10(13)14-11/h3-5,12H,6H2,1-2H3. The molecule has 0 atom stereocenters. The molecule has 1 aliphatic heterocycles. The zero-order valence-electron chi connectivity index (χ0n) is 8.20. The van der Waals surface area contributed by atoms with E-state index < -0.39 is 11.6 Å². The van der Waals surface area contributed by atoms with Gasteiger partial charge < -0.3 is 9.84 Å².